The van der Waals surface area contributed by atoms with Gasteiger partial charge in [-0.2, -0.15) is 5.26 Å². The summed E-state index contributed by atoms with van der Waals surface area (Å²) in [6.07, 6.45) is 5.68. The van der Waals surface area contributed by atoms with Crippen LogP contribution in [0.4, 0.5) is 22.2 Å². The van der Waals surface area contributed by atoms with E-state index in [-0.39, 0.29) is 6.03 Å². The summed E-state index contributed by atoms with van der Waals surface area (Å²) in [6, 6.07) is 17.7. The lowest BCUT2D eigenvalue weighted by Crippen LogP contribution is -2.28. The van der Waals surface area contributed by atoms with Crippen LogP contribution in [0.3, 0.4) is 0 Å². The summed E-state index contributed by atoms with van der Waals surface area (Å²) in [7, 11) is 0. The molecule has 4 aromatic rings. The highest BCUT2D eigenvalue weighted by Crippen LogP contribution is 2.42. The Morgan fingerprint density at radius 1 is 1.03 bits per heavy atom. The number of pyridine rings is 3. The summed E-state index contributed by atoms with van der Waals surface area (Å²) in [5, 5.41) is 17.2. The lowest BCUT2D eigenvalue weighted by atomic mass is 10.0. The van der Waals surface area contributed by atoms with Crippen LogP contribution in [0, 0.1) is 11.3 Å². The highest BCUT2D eigenvalue weighted by molar-refractivity contribution is 6.03. The number of fused-ring (bicyclic) bond motifs is 1. The van der Waals surface area contributed by atoms with Crippen LogP contribution in [0.5, 0.6) is 0 Å². The molecule has 8 nitrogen and oxygen atoms in total. The van der Waals surface area contributed by atoms with Gasteiger partial charge in [0.05, 0.1) is 17.3 Å². The maximum absolute atomic E-state index is 12.3. The molecule has 34 heavy (non-hydrogen) atoms. The Kier molecular flexibility index (Phi) is 4.81. The zero-order valence-corrected chi connectivity index (χ0v) is 18.3. The number of nitrogens with one attached hydrogen (secondary N) is 2. The molecule has 8 heteroatoms. The normalized spacial score (nSPS) is 15.3. The molecule has 4 heterocycles. The standard InChI is InChI=1S/C26H21N7O/c27-15-16-5-7-28-23(11-16)32-24-14-20(17-1-2-17)13-22(31-24)19-4-3-18-6-8-29-25(21(18)12-19)33-10-9-30-26(33)34/h3-8,11-14,17H,1-2,9-10H2,(H,30,34)(H,28,31,32). The molecule has 1 aliphatic carbocycles. The van der Waals surface area contributed by atoms with Gasteiger partial charge >= 0.3 is 6.03 Å². The first kappa shape index (κ1) is 20.1. The second-order valence-electron chi connectivity index (χ2n) is 8.57. The predicted octanol–water partition coefficient (Wildman–Crippen LogP) is 4.71. The minimum absolute atomic E-state index is 0.127. The Labute approximate surface area is 196 Å². The van der Waals surface area contributed by atoms with Gasteiger partial charge in [-0.3, -0.25) is 4.90 Å². The highest BCUT2D eigenvalue weighted by atomic mass is 16.2. The monoisotopic (exact) mass is 447 g/mol. The van der Waals surface area contributed by atoms with Crippen LogP contribution in [0.25, 0.3) is 22.0 Å². The van der Waals surface area contributed by atoms with E-state index in [0.717, 1.165) is 22.0 Å². The lowest BCUT2D eigenvalue weighted by Gasteiger charge is -2.16. The molecule has 166 valence electrons. The fourth-order valence-corrected chi connectivity index (χ4v) is 4.32. The lowest BCUT2D eigenvalue weighted by molar-refractivity contribution is 0.252. The minimum Gasteiger partial charge on any atom is -0.336 e. The van der Waals surface area contributed by atoms with Crippen molar-refractivity contribution >= 4 is 34.3 Å². The molecule has 3 aromatic heterocycles. The summed E-state index contributed by atoms with van der Waals surface area (Å²) in [6.45, 7) is 1.20. The molecular weight excluding hydrogens is 426 g/mol. The van der Waals surface area contributed by atoms with Crippen LogP contribution >= 0.6 is 0 Å². The molecule has 2 amide bonds. The van der Waals surface area contributed by atoms with Crippen molar-refractivity contribution in [2.75, 3.05) is 23.3 Å². The third-order valence-corrected chi connectivity index (χ3v) is 6.19. The Balaban J connectivity index is 1.43. The number of carbonyl (C=O) groups excluding carboxylic acids is 1. The van der Waals surface area contributed by atoms with Gasteiger partial charge in [0.25, 0.3) is 0 Å². The van der Waals surface area contributed by atoms with E-state index >= 15 is 0 Å². The van der Waals surface area contributed by atoms with Gasteiger partial charge < -0.3 is 10.6 Å². The van der Waals surface area contributed by atoms with E-state index < -0.39 is 0 Å². The summed E-state index contributed by atoms with van der Waals surface area (Å²) in [5.41, 5.74) is 3.56. The molecule has 1 saturated heterocycles. The smallest absolute Gasteiger partial charge is 0.323 e. The van der Waals surface area contributed by atoms with Crippen molar-refractivity contribution in [1.29, 1.82) is 5.26 Å². The van der Waals surface area contributed by atoms with E-state index in [1.807, 2.05) is 18.2 Å². The molecule has 2 aliphatic rings. The van der Waals surface area contributed by atoms with Gasteiger partial charge in [0.15, 0.2) is 0 Å². The number of amides is 2. The fraction of sp³-hybridized carbons (Fsp3) is 0.192. The minimum atomic E-state index is -0.127. The molecule has 2 N–H and O–H groups in total. The predicted molar refractivity (Wildman–Crippen MR) is 130 cm³/mol. The molecule has 0 atom stereocenters. The third kappa shape index (κ3) is 3.77. The van der Waals surface area contributed by atoms with Crippen molar-refractivity contribution in [3.63, 3.8) is 0 Å². The molecule has 0 unspecified atom stereocenters. The van der Waals surface area contributed by atoms with Crippen molar-refractivity contribution < 1.29 is 4.79 Å². The topological polar surface area (TPSA) is 107 Å². The first-order valence-electron chi connectivity index (χ1n) is 11.3. The number of aromatic nitrogens is 3. The van der Waals surface area contributed by atoms with E-state index in [1.54, 1.807) is 29.4 Å². The molecule has 0 spiro atoms. The molecule has 6 rings (SSSR count). The molecule has 0 radical (unpaired) electrons. The quantitative estimate of drug-likeness (QED) is 0.459. The zero-order chi connectivity index (χ0) is 23.1. The first-order valence-corrected chi connectivity index (χ1v) is 11.3. The largest absolute Gasteiger partial charge is 0.336 e. The Hall–Kier alpha value is -4.51. The van der Waals surface area contributed by atoms with Crippen LogP contribution in [0.1, 0.15) is 29.9 Å². The van der Waals surface area contributed by atoms with E-state index in [0.29, 0.717) is 42.0 Å². The van der Waals surface area contributed by atoms with Gasteiger partial charge in [-0.15, -0.1) is 0 Å². The van der Waals surface area contributed by atoms with Gasteiger partial charge in [-0.05, 0) is 66.1 Å². The van der Waals surface area contributed by atoms with E-state index in [2.05, 4.69) is 44.9 Å². The summed E-state index contributed by atoms with van der Waals surface area (Å²) >= 11 is 0. The molecule has 2 fully saturated rings. The maximum Gasteiger partial charge on any atom is 0.323 e. The van der Waals surface area contributed by atoms with E-state index in [9.17, 15) is 10.1 Å². The maximum atomic E-state index is 12.3. The number of hydrogen-bond donors (Lipinski definition) is 2. The number of nitrogens with zero attached hydrogens (tertiary/aromatic N) is 5. The number of anilines is 3. The second-order valence-corrected chi connectivity index (χ2v) is 8.57. The van der Waals surface area contributed by atoms with Crippen molar-refractivity contribution in [3.8, 4) is 17.3 Å². The Bertz CT molecular complexity index is 1470. The number of carbonyl (C=O) groups is 1. The van der Waals surface area contributed by atoms with Gasteiger partial charge in [0, 0.05) is 36.4 Å². The SMILES string of the molecule is N#Cc1ccnc(Nc2cc(C3CC3)cc(-c3ccc4ccnc(N5CCNC5=O)c4c3)n2)c1. The van der Waals surface area contributed by atoms with Crippen molar-refractivity contribution in [2.24, 2.45) is 0 Å². The molecular formula is C26H21N7O. The van der Waals surface area contributed by atoms with Crippen LogP contribution in [-0.4, -0.2) is 34.1 Å². The zero-order valence-electron chi connectivity index (χ0n) is 18.3. The average molecular weight is 448 g/mol. The van der Waals surface area contributed by atoms with E-state index in [4.69, 9.17) is 4.98 Å². The third-order valence-electron chi connectivity index (χ3n) is 6.19. The average Bonchev–Trinajstić information content (AvgIpc) is 3.64. The first-order chi connectivity index (χ1) is 16.7. The van der Waals surface area contributed by atoms with Crippen molar-refractivity contribution in [3.05, 3.63) is 72.1 Å². The summed E-state index contributed by atoms with van der Waals surface area (Å²) in [4.78, 5) is 27.7. The summed E-state index contributed by atoms with van der Waals surface area (Å²) in [5.74, 6) is 2.46. The highest BCUT2D eigenvalue weighted by Gasteiger charge is 2.26. The number of rotatable bonds is 5. The molecule has 1 saturated carbocycles. The van der Waals surface area contributed by atoms with Crippen molar-refractivity contribution in [1.82, 2.24) is 20.3 Å². The van der Waals surface area contributed by atoms with Crippen LogP contribution in [0.2, 0.25) is 0 Å². The fourth-order valence-electron chi connectivity index (χ4n) is 4.32. The van der Waals surface area contributed by atoms with Gasteiger partial charge in [0.2, 0.25) is 0 Å². The van der Waals surface area contributed by atoms with Gasteiger partial charge in [-0.1, -0.05) is 12.1 Å². The van der Waals surface area contributed by atoms with E-state index in [1.165, 1.54) is 18.4 Å². The molecule has 0 bridgehead atoms. The summed E-state index contributed by atoms with van der Waals surface area (Å²) < 4.78 is 0. The molecule has 1 aliphatic heterocycles. The van der Waals surface area contributed by atoms with Gasteiger partial charge in [-0.25, -0.2) is 19.7 Å². The number of hydrogen-bond acceptors (Lipinski definition) is 6. The second kappa shape index (κ2) is 8.12. The molecule has 1 aromatic carbocycles. The number of nitriles is 1. The number of urea groups is 1. The van der Waals surface area contributed by atoms with Crippen LogP contribution < -0.4 is 15.5 Å². The Morgan fingerprint density at radius 3 is 2.71 bits per heavy atom. The van der Waals surface area contributed by atoms with Crippen LogP contribution in [0.15, 0.2) is 60.9 Å². The van der Waals surface area contributed by atoms with Gasteiger partial charge in [0.1, 0.15) is 17.5 Å². The van der Waals surface area contributed by atoms with Crippen molar-refractivity contribution in [2.45, 2.75) is 18.8 Å². The number of benzene rings is 1. The van der Waals surface area contributed by atoms with Crippen LogP contribution in [-0.2, 0) is 0 Å². The Morgan fingerprint density at radius 2 is 1.91 bits per heavy atom.